The van der Waals surface area contributed by atoms with E-state index in [1.807, 2.05) is 51.1 Å². The normalized spacial score (nSPS) is 23.3. The van der Waals surface area contributed by atoms with E-state index in [2.05, 4.69) is 21.3 Å². The monoisotopic (exact) mass is 617 g/mol. The van der Waals surface area contributed by atoms with Crippen molar-refractivity contribution in [1.82, 2.24) is 26.2 Å². The smallest absolute Gasteiger partial charge is 0.254 e. The minimum Gasteiger partial charge on any atom is -0.350 e. The van der Waals surface area contributed by atoms with Crippen LogP contribution >= 0.6 is 0 Å². The molecule has 5 amide bonds. The number of hydrogen-bond donors (Lipinski definition) is 4. The molecule has 11 heteroatoms. The van der Waals surface area contributed by atoms with Gasteiger partial charge < -0.3 is 26.2 Å². The van der Waals surface area contributed by atoms with Crippen molar-refractivity contribution in [3.63, 3.8) is 0 Å². The van der Waals surface area contributed by atoms with Crippen molar-refractivity contribution in [3.05, 3.63) is 70.8 Å². The van der Waals surface area contributed by atoms with Crippen LogP contribution in [0.5, 0.6) is 0 Å². The van der Waals surface area contributed by atoms with Crippen LogP contribution in [0.2, 0.25) is 0 Å². The molecule has 1 heterocycles. The van der Waals surface area contributed by atoms with Crippen molar-refractivity contribution < 1.29 is 28.8 Å². The van der Waals surface area contributed by atoms with Crippen LogP contribution in [-0.4, -0.2) is 77.5 Å². The molecule has 0 aromatic heterocycles. The molecule has 1 aliphatic heterocycles. The average molecular weight is 618 g/mol. The second-order valence-electron chi connectivity index (χ2n) is 12.3. The molecule has 1 aliphatic carbocycles. The molecule has 2 aromatic carbocycles. The van der Waals surface area contributed by atoms with Crippen LogP contribution < -0.4 is 21.3 Å². The van der Waals surface area contributed by atoms with Crippen molar-refractivity contribution in [2.24, 2.45) is 5.92 Å². The Kier molecular flexibility index (Phi) is 11.1. The third-order valence-corrected chi connectivity index (χ3v) is 8.24. The minimum absolute atomic E-state index is 0.00530. The summed E-state index contributed by atoms with van der Waals surface area (Å²) in [7, 11) is 0. The molecule has 0 unspecified atom stereocenters. The molecular weight excluding hydrogens is 574 g/mol. The number of ketones is 1. The molecular formula is C34H43N5O6. The van der Waals surface area contributed by atoms with Gasteiger partial charge in [0.15, 0.2) is 5.78 Å². The molecule has 1 fully saturated rings. The Balaban J connectivity index is 1.69. The van der Waals surface area contributed by atoms with E-state index < -0.39 is 53.7 Å². The molecule has 0 spiro atoms. The molecule has 4 atom stereocenters. The summed E-state index contributed by atoms with van der Waals surface area (Å²) in [6.07, 6.45) is 1.70. The number of benzene rings is 2. The Morgan fingerprint density at radius 3 is 2.22 bits per heavy atom. The van der Waals surface area contributed by atoms with Gasteiger partial charge in [0.25, 0.3) is 5.91 Å². The fourth-order valence-electron chi connectivity index (χ4n) is 5.78. The Morgan fingerprint density at radius 2 is 1.53 bits per heavy atom. The van der Waals surface area contributed by atoms with Crippen LogP contribution in [-0.2, 0) is 32.0 Å². The first kappa shape index (κ1) is 33.4. The zero-order chi connectivity index (χ0) is 32.7. The summed E-state index contributed by atoms with van der Waals surface area (Å²) in [6.45, 7) is 6.83. The summed E-state index contributed by atoms with van der Waals surface area (Å²) in [6, 6.07) is 10.8. The van der Waals surface area contributed by atoms with Gasteiger partial charge in [-0.3, -0.25) is 28.8 Å². The number of hydrogen-bond acceptors (Lipinski definition) is 6. The quantitative estimate of drug-likeness (QED) is 0.389. The number of rotatable bonds is 6. The number of fused-ring (bicyclic) bond motifs is 1. The van der Waals surface area contributed by atoms with E-state index in [1.54, 1.807) is 18.2 Å². The second kappa shape index (κ2) is 15.0. The molecule has 4 N–H and O–H groups in total. The van der Waals surface area contributed by atoms with Crippen LogP contribution in [0.4, 0.5) is 0 Å². The molecule has 11 nitrogen and oxygen atoms in total. The minimum atomic E-state index is -0.998. The molecule has 4 rings (SSSR count). The summed E-state index contributed by atoms with van der Waals surface area (Å²) in [5.41, 5.74) is 2.32. The predicted molar refractivity (Wildman–Crippen MR) is 168 cm³/mol. The summed E-state index contributed by atoms with van der Waals surface area (Å²) in [5, 5.41) is 11.2. The van der Waals surface area contributed by atoms with Crippen molar-refractivity contribution in [2.75, 3.05) is 13.1 Å². The molecule has 2 aliphatic rings. The van der Waals surface area contributed by atoms with Gasteiger partial charge in [-0.05, 0) is 49.3 Å². The maximum Gasteiger partial charge on any atom is 0.254 e. The number of Topliss-reactive ketones (excluding diaryl/α,β-unsaturated/α-hetero) is 1. The number of nitrogens with one attached hydrogen (secondary N) is 4. The van der Waals surface area contributed by atoms with Crippen LogP contribution in [0.3, 0.4) is 0 Å². The van der Waals surface area contributed by atoms with Gasteiger partial charge in [0, 0.05) is 36.6 Å². The standard InChI is InChI=1S/C34H43N5O6/c1-5-23-18-39(34(45)26-13-9-12-25-24(26)14-15-29(25)40)19-30(41)35-21(4)31(42)37-27(16-20(2)3)33(44)38-28(32(43)36-23)17-22-10-7-6-8-11-22/h6-13,20-21,23,27-28H,5,14-19H2,1-4H3,(H,35,41)(H,36,43)(H,37,42)(H,38,44)/t21-,23+,27+,28+/m1/s1. The van der Waals surface area contributed by atoms with E-state index >= 15 is 0 Å². The molecule has 1 saturated heterocycles. The van der Waals surface area contributed by atoms with E-state index in [-0.39, 0.29) is 31.2 Å². The zero-order valence-corrected chi connectivity index (χ0v) is 26.4. The van der Waals surface area contributed by atoms with Gasteiger partial charge in [0.05, 0.1) is 6.54 Å². The van der Waals surface area contributed by atoms with E-state index in [0.717, 1.165) is 5.56 Å². The maximum atomic E-state index is 14.0. The van der Waals surface area contributed by atoms with Crippen molar-refractivity contribution in [1.29, 1.82) is 0 Å². The van der Waals surface area contributed by atoms with E-state index in [4.69, 9.17) is 0 Å². The van der Waals surface area contributed by atoms with E-state index in [9.17, 15) is 28.8 Å². The fraction of sp³-hybridized carbons (Fsp3) is 0.471. The lowest BCUT2D eigenvalue weighted by Crippen LogP contribution is -2.57. The summed E-state index contributed by atoms with van der Waals surface area (Å²) in [4.78, 5) is 81.4. The Morgan fingerprint density at radius 1 is 0.844 bits per heavy atom. The lowest BCUT2D eigenvalue weighted by Gasteiger charge is -2.29. The highest BCUT2D eigenvalue weighted by atomic mass is 16.2. The SMILES string of the molecule is CC[C@H]1CN(C(=O)c2cccc3c2CCC3=O)CC(=O)N[C@H](C)C(=O)N[C@@H](CC(C)C)C(=O)N[C@@H](Cc2ccccc2)C(=O)N1. The van der Waals surface area contributed by atoms with Gasteiger partial charge in [0.2, 0.25) is 23.6 Å². The van der Waals surface area contributed by atoms with Gasteiger partial charge in [-0.25, -0.2) is 0 Å². The summed E-state index contributed by atoms with van der Waals surface area (Å²) in [5.74, 6) is -2.51. The Hall–Kier alpha value is -4.54. The van der Waals surface area contributed by atoms with Crippen molar-refractivity contribution >= 4 is 35.3 Å². The second-order valence-corrected chi connectivity index (χ2v) is 12.3. The van der Waals surface area contributed by atoms with Crippen molar-refractivity contribution in [2.45, 2.75) is 84.0 Å². The molecule has 0 bridgehead atoms. The Labute approximate surface area is 263 Å². The topological polar surface area (TPSA) is 154 Å². The van der Waals surface area contributed by atoms with Gasteiger partial charge >= 0.3 is 0 Å². The zero-order valence-electron chi connectivity index (χ0n) is 26.4. The highest BCUT2D eigenvalue weighted by Crippen LogP contribution is 2.26. The van der Waals surface area contributed by atoms with Crippen LogP contribution in [0.15, 0.2) is 48.5 Å². The van der Waals surface area contributed by atoms with Gasteiger partial charge in [-0.1, -0.05) is 63.2 Å². The van der Waals surface area contributed by atoms with E-state index in [0.29, 0.717) is 42.4 Å². The first-order valence-corrected chi connectivity index (χ1v) is 15.7. The lowest BCUT2D eigenvalue weighted by molar-refractivity contribution is -0.133. The molecule has 2 aromatic rings. The third-order valence-electron chi connectivity index (χ3n) is 8.24. The number of nitrogens with zero attached hydrogens (tertiary/aromatic N) is 1. The Bertz CT molecular complexity index is 1440. The largest absolute Gasteiger partial charge is 0.350 e. The predicted octanol–water partition coefficient (Wildman–Crippen LogP) is 1.93. The average Bonchev–Trinajstić information content (AvgIpc) is 3.39. The van der Waals surface area contributed by atoms with Crippen molar-refractivity contribution in [3.8, 4) is 0 Å². The van der Waals surface area contributed by atoms with Gasteiger partial charge in [-0.2, -0.15) is 0 Å². The van der Waals surface area contributed by atoms with Gasteiger partial charge in [-0.15, -0.1) is 0 Å². The fourth-order valence-corrected chi connectivity index (χ4v) is 5.78. The molecule has 240 valence electrons. The first-order valence-electron chi connectivity index (χ1n) is 15.7. The highest BCUT2D eigenvalue weighted by Gasteiger charge is 2.33. The number of carbonyl (C=O) groups is 6. The first-order chi connectivity index (χ1) is 21.5. The number of amides is 5. The molecule has 45 heavy (non-hydrogen) atoms. The lowest BCUT2D eigenvalue weighted by atomic mass is 10.0. The maximum absolute atomic E-state index is 14.0. The third kappa shape index (κ3) is 8.55. The molecule has 0 saturated carbocycles. The highest BCUT2D eigenvalue weighted by molar-refractivity contribution is 6.06. The van der Waals surface area contributed by atoms with Crippen LogP contribution in [0.25, 0.3) is 0 Å². The molecule has 0 radical (unpaired) electrons. The number of carbonyl (C=O) groups excluding carboxylic acids is 6. The summed E-state index contributed by atoms with van der Waals surface area (Å²) >= 11 is 0. The van der Waals surface area contributed by atoms with Gasteiger partial charge in [0.1, 0.15) is 18.1 Å². The summed E-state index contributed by atoms with van der Waals surface area (Å²) < 4.78 is 0. The van der Waals surface area contributed by atoms with Crippen LogP contribution in [0, 0.1) is 5.92 Å². The van der Waals surface area contributed by atoms with E-state index in [1.165, 1.54) is 11.8 Å². The van der Waals surface area contributed by atoms with Crippen LogP contribution in [0.1, 0.15) is 78.8 Å².